The van der Waals surface area contributed by atoms with Gasteiger partial charge in [-0.25, -0.2) is 14.4 Å². The molecule has 0 saturated carbocycles. The number of ether oxygens (including phenoxy) is 2. The highest BCUT2D eigenvalue weighted by Crippen LogP contribution is 2.36. The number of carbonyl (C=O) groups excluding carboxylic acids is 3. The number of alkyl halides is 1. The fourth-order valence-corrected chi connectivity index (χ4v) is 3.61. The third-order valence-corrected chi connectivity index (χ3v) is 5.24. The molecule has 0 heterocycles. The number of urea groups is 1. The molecular formula is C25H31ClN2O5. The van der Waals surface area contributed by atoms with E-state index in [1.165, 1.54) is 5.56 Å². The summed E-state index contributed by atoms with van der Waals surface area (Å²) in [4.78, 5) is 38.5. The molecule has 7 nitrogen and oxygen atoms in total. The Morgan fingerprint density at radius 3 is 2.09 bits per heavy atom. The van der Waals surface area contributed by atoms with Gasteiger partial charge in [0, 0.05) is 12.4 Å². The van der Waals surface area contributed by atoms with E-state index in [1.807, 2.05) is 31.2 Å². The van der Waals surface area contributed by atoms with Crippen molar-refractivity contribution in [2.75, 3.05) is 31.0 Å². The van der Waals surface area contributed by atoms with Crippen molar-refractivity contribution >= 4 is 35.3 Å². The third kappa shape index (κ3) is 6.48. The van der Waals surface area contributed by atoms with Crippen molar-refractivity contribution in [2.45, 2.75) is 40.5 Å². The molecule has 2 aromatic rings. The van der Waals surface area contributed by atoms with Crippen LogP contribution in [0.4, 0.5) is 10.5 Å². The Balaban J connectivity index is 2.81. The van der Waals surface area contributed by atoms with E-state index in [0.29, 0.717) is 17.5 Å². The van der Waals surface area contributed by atoms with E-state index >= 15 is 0 Å². The van der Waals surface area contributed by atoms with Gasteiger partial charge in [-0.3, -0.25) is 0 Å². The second-order valence-corrected chi connectivity index (χ2v) is 7.49. The fourth-order valence-electron chi connectivity index (χ4n) is 3.52. The molecule has 2 aromatic carbocycles. The van der Waals surface area contributed by atoms with E-state index in [0.717, 1.165) is 12.0 Å². The van der Waals surface area contributed by atoms with Crippen LogP contribution in [-0.2, 0) is 22.3 Å². The van der Waals surface area contributed by atoms with Crippen LogP contribution in [0.3, 0.4) is 0 Å². The Kier molecular flexibility index (Phi) is 10.2. The standard InChI is InChI=1S/C25H31ClN2O5/c1-5-16-9-11-17(12-10-16)19-15-20(23(29)32-7-3)22(28-25(31)27-14-13-26)21(18(19)6-2)24(30)33-8-4/h9-12,15H,5-8,13-14H2,1-4H3,(H2,27,28,31). The Morgan fingerprint density at radius 2 is 1.55 bits per heavy atom. The van der Waals surface area contributed by atoms with Crippen LogP contribution in [0.25, 0.3) is 11.1 Å². The number of benzene rings is 2. The normalized spacial score (nSPS) is 10.5. The van der Waals surface area contributed by atoms with Crippen molar-refractivity contribution in [3.05, 3.63) is 52.6 Å². The average Bonchev–Trinajstić information content (AvgIpc) is 2.82. The van der Waals surface area contributed by atoms with Crippen LogP contribution in [-0.4, -0.2) is 43.6 Å². The van der Waals surface area contributed by atoms with Crippen molar-refractivity contribution in [1.29, 1.82) is 0 Å². The molecule has 178 valence electrons. The molecule has 0 fully saturated rings. The number of halogens is 1. The first-order chi connectivity index (χ1) is 15.9. The highest BCUT2D eigenvalue weighted by Gasteiger charge is 2.28. The zero-order valence-electron chi connectivity index (χ0n) is 19.5. The van der Waals surface area contributed by atoms with Gasteiger partial charge in [0.25, 0.3) is 0 Å². The number of carbonyl (C=O) groups is 3. The van der Waals surface area contributed by atoms with Crippen LogP contribution >= 0.6 is 11.6 Å². The minimum Gasteiger partial charge on any atom is -0.462 e. The zero-order chi connectivity index (χ0) is 24.4. The number of anilines is 1. The summed E-state index contributed by atoms with van der Waals surface area (Å²) in [5.74, 6) is -1.06. The second kappa shape index (κ2) is 12.8. The van der Waals surface area contributed by atoms with Gasteiger partial charge in [-0.1, -0.05) is 38.1 Å². The molecule has 0 radical (unpaired) electrons. The predicted octanol–water partition coefficient (Wildman–Crippen LogP) is 5.19. The lowest BCUT2D eigenvalue weighted by atomic mass is 9.89. The molecule has 0 aliphatic rings. The van der Waals surface area contributed by atoms with Gasteiger partial charge in [0.2, 0.25) is 0 Å². The Bertz CT molecular complexity index is 989. The minimum atomic E-state index is -0.648. The smallest absolute Gasteiger partial charge is 0.340 e. The summed E-state index contributed by atoms with van der Waals surface area (Å²) in [6.45, 7) is 7.87. The molecular weight excluding hydrogens is 444 g/mol. The van der Waals surface area contributed by atoms with Crippen molar-refractivity contribution in [2.24, 2.45) is 0 Å². The summed E-state index contributed by atoms with van der Waals surface area (Å²) < 4.78 is 10.6. The topological polar surface area (TPSA) is 93.7 Å². The summed E-state index contributed by atoms with van der Waals surface area (Å²) in [6.07, 6.45) is 1.36. The monoisotopic (exact) mass is 474 g/mol. The first-order valence-electron chi connectivity index (χ1n) is 11.2. The minimum absolute atomic E-state index is 0.0600. The Morgan fingerprint density at radius 1 is 0.909 bits per heavy atom. The maximum atomic E-state index is 13.1. The molecule has 0 spiro atoms. The van der Waals surface area contributed by atoms with Crippen LogP contribution in [0, 0.1) is 0 Å². The molecule has 0 aliphatic carbocycles. The molecule has 0 aliphatic heterocycles. The zero-order valence-corrected chi connectivity index (χ0v) is 20.3. The first kappa shape index (κ1) is 26.2. The summed E-state index contributed by atoms with van der Waals surface area (Å²) in [7, 11) is 0. The van der Waals surface area contributed by atoms with E-state index in [-0.39, 0.29) is 42.5 Å². The van der Waals surface area contributed by atoms with Crippen LogP contribution < -0.4 is 10.6 Å². The summed E-state index contributed by atoms with van der Waals surface area (Å²) in [5, 5.41) is 5.24. The number of nitrogens with one attached hydrogen (secondary N) is 2. The number of esters is 2. The van der Waals surface area contributed by atoms with Gasteiger partial charge >= 0.3 is 18.0 Å². The van der Waals surface area contributed by atoms with Crippen molar-refractivity contribution < 1.29 is 23.9 Å². The van der Waals surface area contributed by atoms with E-state index in [9.17, 15) is 14.4 Å². The van der Waals surface area contributed by atoms with Crippen LogP contribution in [0.1, 0.15) is 59.5 Å². The maximum Gasteiger partial charge on any atom is 0.340 e. The molecule has 0 aromatic heterocycles. The first-order valence-corrected chi connectivity index (χ1v) is 11.7. The lowest BCUT2D eigenvalue weighted by Gasteiger charge is -2.21. The molecule has 8 heteroatoms. The number of rotatable bonds is 10. The summed E-state index contributed by atoms with van der Waals surface area (Å²) in [5.41, 5.74) is 3.66. The van der Waals surface area contributed by atoms with Gasteiger partial charge < -0.3 is 20.1 Å². The molecule has 33 heavy (non-hydrogen) atoms. The van der Waals surface area contributed by atoms with Gasteiger partial charge in [0.1, 0.15) is 0 Å². The number of amides is 2. The van der Waals surface area contributed by atoms with Gasteiger partial charge in [-0.05, 0) is 55.0 Å². The summed E-state index contributed by atoms with van der Waals surface area (Å²) >= 11 is 5.66. The summed E-state index contributed by atoms with van der Waals surface area (Å²) in [6, 6.07) is 9.00. The van der Waals surface area contributed by atoms with Crippen LogP contribution in [0.15, 0.2) is 30.3 Å². The lowest BCUT2D eigenvalue weighted by Crippen LogP contribution is -2.32. The molecule has 2 N–H and O–H groups in total. The predicted molar refractivity (Wildman–Crippen MR) is 130 cm³/mol. The number of hydrogen-bond donors (Lipinski definition) is 2. The lowest BCUT2D eigenvalue weighted by molar-refractivity contribution is 0.0526. The molecule has 0 atom stereocenters. The number of hydrogen-bond acceptors (Lipinski definition) is 5. The number of aryl methyl sites for hydroxylation is 1. The second-order valence-electron chi connectivity index (χ2n) is 7.12. The van der Waals surface area contributed by atoms with Gasteiger partial charge in [-0.2, -0.15) is 0 Å². The fraction of sp³-hybridized carbons (Fsp3) is 0.400. The van der Waals surface area contributed by atoms with E-state index in [4.69, 9.17) is 21.1 Å². The molecule has 0 saturated heterocycles. The SMILES string of the molecule is CCOC(=O)c1cc(-c2ccc(CC)cc2)c(CC)c(C(=O)OCC)c1NC(=O)NCCCl. The largest absolute Gasteiger partial charge is 0.462 e. The Labute approximate surface area is 199 Å². The van der Waals surface area contributed by atoms with Gasteiger partial charge in [-0.15, -0.1) is 11.6 Å². The quantitative estimate of drug-likeness (QED) is 0.365. The third-order valence-electron chi connectivity index (χ3n) is 5.06. The van der Waals surface area contributed by atoms with E-state index < -0.39 is 18.0 Å². The Hall–Kier alpha value is -3.06. The highest BCUT2D eigenvalue weighted by molar-refractivity contribution is 6.18. The van der Waals surface area contributed by atoms with Crippen molar-refractivity contribution in [3.63, 3.8) is 0 Å². The maximum absolute atomic E-state index is 13.1. The molecule has 2 amide bonds. The highest BCUT2D eigenvalue weighted by atomic mass is 35.5. The van der Waals surface area contributed by atoms with Gasteiger partial charge in [0.05, 0.1) is 30.0 Å². The van der Waals surface area contributed by atoms with Crippen molar-refractivity contribution in [1.82, 2.24) is 5.32 Å². The van der Waals surface area contributed by atoms with E-state index in [1.54, 1.807) is 19.9 Å². The molecule has 2 rings (SSSR count). The molecule has 0 unspecified atom stereocenters. The van der Waals surface area contributed by atoms with Crippen LogP contribution in [0.2, 0.25) is 0 Å². The van der Waals surface area contributed by atoms with E-state index in [2.05, 4.69) is 17.6 Å². The van der Waals surface area contributed by atoms with Crippen molar-refractivity contribution in [3.8, 4) is 11.1 Å². The van der Waals surface area contributed by atoms with Gasteiger partial charge in [0.15, 0.2) is 0 Å². The average molecular weight is 475 g/mol. The molecule has 0 bridgehead atoms. The van der Waals surface area contributed by atoms with Crippen LogP contribution in [0.5, 0.6) is 0 Å².